The third-order valence-corrected chi connectivity index (χ3v) is 4.23. The first-order chi connectivity index (χ1) is 12.3. The minimum Gasteiger partial charge on any atom is -0.506 e. The largest absolute Gasteiger partial charge is 0.506 e. The van der Waals surface area contributed by atoms with Gasteiger partial charge in [-0.15, -0.1) is 0 Å². The van der Waals surface area contributed by atoms with Gasteiger partial charge >= 0.3 is 11.8 Å². The number of benzene rings is 2. The van der Waals surface area contributed by atoms with Crippen molar-refractivity contribution in [1.82, 2.24) is 0 Å². The molecular weight excluding hydrogens is 354 g/mol. The predicted octanol–water partition coefficient (Wildman–Crippen LogP) is 3.78. The van der Waals surface area contributed by atoms with Crippen LogP contribution in [0.4, 0.5) is 17.1 Å². The Labute approximate surface area is 157 Å². The summed E-state index contributed by atoms with van der Waals surface area (Å²) < 4.78 is 0. The smallest absolute Gasteiger partial charge is 0.314 e. The highest BCUT2D eigenvalue weighted by molar-refractivity contribution is 6.44. The Morgan fingerprint density at radius 1 is 1.00 bits per heavy atom. The number of anilines is 3. The molecule has 0 aromatic heterocycles. The fourth-order valence-corrected chi connectivity index (χ4v) is 2.71. The van der Waals surface area contributed by atoms with Gasteiger partial charge in [0.25, 0.3) is 0 Å². The topological polar surface area (TPSA) is 81.7 Å². The van der Waals surface area contributed by atoms with E-state index in [4.69, 9.17) is 11.6 Å². The Hall–Kier alpha value is -2.73. The van der Waals surface area contributed by atoms with Gasteiger partial charge in [-0.05, 0) is 62.7 Å². The summed E-state index contributed by atoms with van der Waals surface area (Å²) in [5.74, 6) is -1.90. The van der Waals surface area contributed by atoms with Crippen molar-refractivity contribution < 1.29 is 14.7 Å². The van der Waals surface area contributed by atoms with Crippen LogP contribution in [-0.2, 0) is 9.59 Å². The maximum atomic E-state index is 12.1. The van der Waals surface area contributed by atoms with Crippen molar-refractivity contribution >= 4 is 40.5 Å². The Morgan fingerprint density at radius 3 is 2.19 bits per heavy atom. The number of carbonyl (C=O) groups excluding carboxylic acids is 2. The van der Waals surface area contributed by atoms with Gasteiger partial charge in [-0.1, -0.05) is 11.6 Å². The predicted molar refractivity (Wildman–Crippen MR) is 105 cm³/mol. The minimum atomic E-state index is -0.894. The van der Waals surface area contributed by atoms with E-state index < -0.39 is 11.8 Å². The van der Waals surface area contributed by atoms with E-state index in [0.29, 0.717) is 10.7 Å². The Bertz CT molecular complexity index is 820. The first-order valence-electron chi connectivity index (χ1n) is 8.32. The molecule has 2 aromatic carbocycles. The summed E-state index contributed by atoms with van der Waals surface area (Å²) in [6.45, 7) is 7.78. The average Bonchev–Trinajstić information content (AvgIpc) is 2.61. The molecule has 0 atom stereocenters. The van der Waals surface area contributed by atoms with Crippen LogP contribution in [0, 0.1) is 6.92 Å². The second kappa shape index (κ2) is 8.58. The van der Waals surface area contributed by atoms with Crippen molar-refractivity contribution in [1.29, 1.82) is 0 Å². The molecule has 2 aromatic rings. The molecule has 0 unspecified atom stereocenters. The molecule has 0 radical (unpaired) electrons. The van der Waals surface area contributed by atoms with Gasteiger partial charge in [-0.3, -0.25) is 9.59 Å². The molecule has 0 heterocycles. The number of phenolic OH excluding ortho intramolecular Hbond substituents is 1. The number of aromatic hydroxyl groups is 1. The van der Waals surface area contributed by atoms with Gasteiger partial charge in [0.15, 0.2) is 0 Å². The molecule has 2 amide bonds. The van der Waals surface area contributed by atoms with Crippen molar-refractivity contribution in [2.24, 2.45) is 0 Å². The summed E-state index contributed by atoms with van der Waals surface area (Å²) in [4.78, 5) is 26.4. The van der Waals surface area contributed by atoms with E-state index in [-0.39, 0.29) is 11.4 Å². The van der Waals surface area contributed by atoms with Crippen LogP contribution < -0.4 is 15.5 Å². The van der Waals surface area contributed by atoms with Gasteiger partial charge < -0.3 is 20.6 Å². The second-order valence-electron chi connectivity index (χ2n) is 5.74. The summed E-state index contributed by atoms with van der Waals surface area (Å²) in [5, 5.41) is 15.0. The molecular formula is C19H22ClN3O3. The van der Waals surface area contributed by atoms with Crippen LogP contribution in [-0.4, -0.2) is 30.0 Å². The Morgan fingerprint density at radius 2 is 1.62 bits per heavy atom. The summed E-state index contributed by atoms with van der Waals surface area (Å²) in [6.07, 6.45) is 0. The molecule has 0 aliphatic carbocycles. The number of amides is 2. The SMILES string of the molecule is CCN(CC)c1ccc(NC(=O)C(=O)Nc2cc(Cl)ccc2O)c(C)c1. The minimum absolute atomic E-state index is 0.0752. The van der Waals surface area contributed by atoms with E-state index in [2.05, 4.69) is 29.4 Å². The zero-order valence-corrected chi connectivity index (χ0v) is 15.7. The highest BCUT2D eigenvalue weighted by atomic mass is 35.5. The summed E-state index contributed by atoms with van der Waals surface area (Å²) in [6, 6.07) is 9.82. The number of nitrogens with one attached hydrogen (secondary N) is 2. The van der Waals surface area contributed by atoms with Crippen molar-refractivity contribution in [3.05, 3.63) is 47.0 Å². The standard InChI is InChI=1S/C19H22ClN3O3/c1-4-23(5-2)14-7-8-15(12(3)10-14)21-18(25)19(26)22-16-11-13(20)6-9-17(16)24/h6-11,24H,4-5H2,1-3H3,(H,21,25)(H,22,26). The van der Waals surface area contributed by atoms with Crippen LogP contribution >= 0.6 is 11.6 Å². The third kappa shape index (κ3) is 4.67. The number of rotatable bonds is 5. The fraction of sp³-hybridized carbons (Fsp3) is 0.263. The van der Waals surface area contributed by atoms with E-state index in [1.165, 1.54) is 18.2 Å². The number of halogens is 1. The molecule has 0 bridgehead atoms. The van der Waals surface area contributed by atoms with Crippen molar-refractivity contribution in [3.8, 4) is 5.75 Å². The van der Waals surface area contributed by atoms with Crippen LogP contribution in [0.2, 0.25) is 5.02 Å². The molecule has 2 rings (SSSR count). The molecule has 3 N–H and O–H groups in total. The molecule has 0 spiro atoms. The number of aryl methyl sites for hydroxylation is 1. The maximum Gasteiger partial charge on any atom is 0.314 e. The van der Waals surface area contributed by atoms with Gasteiger partial charge in [-0.25, -0.2) is 0 Å². The number of phenols is 1. The molecule has 26 heavy (non-hydrogen) atoms. The van der Waals surface area contributed by atoms with E-state index >= 15 is 0 Å². The maximum absolute atomic E-state index is 12.1. The van der Waals surface area contributed by atoms with Gasteiger partial charge in [0, 0.05) is 29.5 Å². The summed E-state index contributed by atoms with van der Waals surface area (Å²) >= 11 is 5.83. The number of nitrogens with zero attached hydrogens (tertiary/aromatic N) is 1. The molecule has 0 aliphatic heterocycles. The second-order valence-corrected chi connectivity index (χ2v) is 6.18. The van der Waals surface area contributed by atoms with Gasteiger partial charge in [-0.2, -0.15) is 0 Å². The van der Waals surface area contributed by atoms with Gasteiger partial charge in [0.2, 0.25) is 0 Å². The van der Waals surface area contributed by atoms with E-state index in [9.17, 15) is 14.7 Å². The van der Waals surface area contributed by atoms with E-state index in [1.807, 2.05) is 19.1 Å². The lowest BCUT2D eigenvalue weighted by Gasteiger charge is -2.22. The van der Waals surface area contributed by atoms with E-state index in [0.717, 1.165) is 24.3 Å². The first-order valence-corrected chi connectivity index (χ1v) is 8.70. The van der Waals surface area contributed by atoms with Crippen LogP contribution in [0.25, 0.3) is 0 Å². The van der Waals surface area contributed by atoms with E-state index in [1.54, 1.807) is 6.07 Å². The van der Waals surface area contributed by atoms with Crippen molar-refractivity contribution in [2.45, 2.75) is 20.8 Å². The van der Waals surface area contributed by atoms with Crippen LogP contribution in [0.3, 0.4) is 0 Å². The normalized spacial score (nSPS) is 10.3. The van der Waals surface area contributed by atoms with Crippen LogP contribution in [0.15, 0.2) is 36.4 Å². The lowest BCUT2D eigenvalue weighted by Crippen LogP contribution is -2.29. The van der Waals surface area contributed by atoms with Crippen LogP contribution in [0.1, 0.15) is 19.4 Å². The van der Waals surface area contributed by atoms with Crippen molar-refractivity contribution in [2.75, 3.05) is 28.6 Å². The summed E-state index contributed by atoms with van der Waals surface area (Å²) in [5.41, 5.74) is 2.53. The molecule has 0 fully saturated rings. The zero-order chi connectivity index (χ0) is 19.3. The quantitative estimate of drug-likeness (QED) is 0.548. The highest BCUT2D eigenvalue weighted by Crippen LogP contribution is 2.27. The number of carbonyl (C=O) groups is 2. The molecule has 138 valence electrons. The van der Waals surface area contributed by atoms with Gasteiger partial charge in [0.05, 0.1) is 5.69 Å². The number of hydrogen-bond donors (Lipinski definition) is 3. The molecule has 0 saturated heterocycles. The molecule has 7 heteroatoms. The monoisotopic (exact) mass is 375 g/mol. The highest BCUT2D eigenvalue weighted by Gasteiger charge is 2.17. The summed E-state index contributed by atoms with van der Waals surface area (Å²) in [7, 11) is 0. The molecule has 0 saturated carbocycles. The number of hydrogen-bond acceptors (Lipinski definition) is 4. The third-order valence-electron chi connectivity index (χ3n) is 4.00. The van der Waals surface area contributed by atoms with Crippen LogP contribution in [0.5, 0.6) is 5.75 Å². The Balaban J connectivity index is 2.09. The fourth-order valence-electron chi connectivity index (χ4n) is 2.54. The van der Waals surface area contributed by atoms with Crippen molar-refractivity contribution in [3.63, 3.8) is 0 Å². The van der Waals surface area contributed by atoms with Gasteiger partial charge in [0.1, 0.15) is 5.75 Å². The lowest BCUT2D eigenvalue weighted by atomic mass is 10.1. The lowest BCUT2D eigenvalue weighted by molar-refractivity contribution is -0.133. The zero-order valence-electron chi connectivity index (χ0n) is 15.0. The first kappa shape index (κ1) is 19.6. The Kier molecular flexibility index (Phi) is 6.46. The molecule has 0 aliphatic rings. The average molecular weight is 376 g/mol. The molecule has 6 nitrogen and oxygen atoms in total.